The largest absolute Gasteiger partial charge is 0.347 e. The topological polar surface area (TPSA) is 68.8 Å². The first-order chi connectivity index (χ1) is 12.0. The molecule has 4 heterocycles. The lowest BCUT2D eigenvalue weighted by molar-refractivity contribution is 0.333. The summed E-state index contributed by atoms with van der Waals surface area (Å²) in [4.78, 5) is 18.9. The second kappa shape index (κ2) is 6.11. The fourth-order valence-electron chi connectivity index (χ4n) is 3.12. The Balaban J connectivity index is 1.49. The van der Waals surface area contributed by atoms with Crippen LogP contribution in [0.5, 0.6) is 0 Å². The van der Waals surface area contributed by atoms with Gasteiger partial charge in [-0.1, -0.05) is 0 Å². The van der Waals surface area contributed by atoms with Crippen molar-refractivity contribution in [1.82, 2.24) is 24.5 Å². The molecule has 3 aromatic heterocycles. The first-order valence-corrected chi connectivity index (χ1v) is 9.16. The molecule has 0 aliphatic carbocycles. The minimum absolute atomic E-state index is 0.0752. The highest BCUT2D eigenvalue weighted by Gasteiger charge is 2.29. The van der Waals surface area contributed by atoms with Crippen LogP contribution in [0.3, 0.4) is 0 Å². The molecule has 1 aliphatic heterocycles. The second-order valence-corrected chi connectivity index (χ2v) is 7.43. The molecule has 0 aromatic carbocycles. The van der Waals surface area contributed by atoms with E-state index < -0.39 is 0 Å². The Labute approximate surface area is 149 Å². The molecule has 0 atom stereocenters. The molecule has 130 valence electrons. The van der Waals surface area contributed by atoms with Gasteiger partial charge in [0.25, 0.3) is 5.56 Å². The summed E-state index contributed by atoms with van der Waals surface area (Å²) >= 11 is 1.67. The van der Waals surface area contributed by atoms with Gasteiger partial charge in [-0.05, 0) is 32.9 Å². The summed E-state index contributed by atoms with van der Waals surface area (Å²) in [5.41, 5.74) is 2.92. The van der Waals surface area contributed by atoms with Gasteiger partial charge < -0.3 is 4.90 Å². The third-order valence-corrected chi connectivity index (χ3v) is 5.36. The molecule has 1 saturated heterocycles. The molecule has 1 fully saturated rings. The summed E-state index contributed by atoms with van der Waals surface area (Å²) in [6.45, 7) is 8.37. The lowest BCUT2D eigenvalue weighted by Crippen LogP contribution is -2.49. The van der Waals surface area contributed by atoms with E-state index in [1.165, 1.54) is 0 Å². The molecule has 25 heavy (non-hydrogen) atoms. The van der Waals surface area contributed by atoms with Crippen molar-refractivity contribution in [3.63, 3.8) is 0 Å². The van der Waals surface area contributed by atoms with Gasteiger partial charge in [0.05, 0.1) is 17.9 Å². The number of hydrogen-bond donors (Lipinski definition) is 0. The average Bonchev–Trinajstić information content (AvgIpc) is 3.09. The van der Waals surface area contributed by atoms with Crippen LogP contribution in [0.15, 0.2) is 28.4 Å². The van der Waals surface area contributed by atoms with Crippen LogP contribution < -0.4 is 10.5 Å². The monoisotopic (exact) mass is 356 g/mol. The first kappa shape index (κ1) is 16.0. The van der Waals surface area contributed by atoms with Crippen molar-refractivity contribution in [3.8, 4) is 5.82 Å². The fraction of sp³-hybridized carbons (Fsp3) is 0.412. The number of hydrogen-bond acceptors (Lipinski definition) is 6. The van der Waals surface area contributed by atoms with Gasteiger partial charge in [-0.3, -0.25) is 4.79 Å². The summed E-state index contributed by atoms with van der Waals surface area (Å²) in [5, 5.41) is 12.1. The third kappa shape index (κ3) is 3.09. The molecule has 0 bridgehead atoms. The highest BCUT2D eigenvalue weighted by molar-refractivity contribution is 7.13. The Morgan fingerprint density at radius 1 is 1.16 bits per heavy atom. The van der Waals surface area contributed by atoms with Gasteiger partial charge in [0.15, 0.2) is 10.9 Å². The summed E-state index contributed by atoms with van der Waals surface area (Å²) in [5.74, 6) is 1.09. The quantitative estimate of drug-likeness (QED) is 0.715. The van der Waals surface area contributed by atoms with Crippen molar-refractivity contribution in [1.29, 1.82) is 0 Å². The van der Waals surface area contributed by atoms with Gasteiger partial charge in [0.1, 0.15) is 0 Å². The van der Waals surface area contributed by atoms with E-state index in [0.717, 1.165) is 35.3 Å². The Bertz CT molecular complexity index is 966. The lowest BCUT2D eigenvalue weighted by atomic mass is 10.0. The molecule has 7 nitrogen and oxygen atoms in total. The van der Waals surface area contributed by atoms with Crippen molar-refractivity contribution in [2.45, 2.75) is 27.3 Å². The molecule has 0 saturated carbocycles. The van der Waals surface area contributed by atoms with Crippen LogP contribution in [-0.2, 0) is 6.54 Å². The zero-order valence-electron chi connectivity index (χ0n) is 14.5. The predicted octanol–water partition coefficient (Wildman–Crippen LogP) is 1.95. The minimum Gasteiger partial charge on any atom is -0.347 e. The Morgan fingerprint density at radius 3 is 2.60 bits per heavy atom. The van der Waals surface area contributed by atoms with Crippen molar-refractivity contribution in [2.24, 2.45) is 5.92 Å². The SMILES string of the molecule is Cc1csc(N2CC(Cn3nc(-n4nc(C)cc4C)ccc3=O)C2)n1. The average molecular weight is 356 g/mol. The molecule has 8 heteroatoms. The molecule has 0 unspecified atom stereocenters. The molecule has 0 amide bonds. The maximum absolute atomic E-state index is 12.2. The number of rotatable bonds is 4. The summed E-state index contributed by atoms with van der Waals surface area (Å²) in [6.07, 6.45) is 0. The zero-order chi connectivity index (χ0) is 17.6. The van der Waals surface area contributed by atoms with Crippen LogP contribution >= 0.6 is 11.3 Å². The van der Waals surface area contributed by atoms with Crippen molar-refractivity contribution >= 4 is 16.5 Å². The minimum atomic E-state index is -0.0752. The second-order valence-electron chi connectivity index (χ2n) is 6.59. The molecule has 0 spiro atoms. The molecule has 4 rings (SSSR count). The fourth-order valence-corrected chi connectivity index (χ4v) is 3.94. The van der Waals surface area contributed by atoms with Crippen LogP contribution in [-0.4, -0.2) is 37.6 Å². The van der Waals surface area contributed by atoms with Gasteiger partial charge in [-0.2, -0.15) is 5.10 Å². The van der Waals surface area contributed by atoms with E-state index >= 15 is 0 Å². The van der Waals surface area contributed by atoms with E-state index in [9.17, 15) is 4.79 Å². The van der Waals surface area contributed by atoms with E-state index in [1.54, 1.807) is 32.8 Å². The predicted molar refractivity (Wildman–Crippen MR) is 97.6 cm³/mol. The standard InChI is InChI=1S/C17H20N6OS/c1-11-6-13(3)23(19-11)15-4-5-16(24)22(20-15)9-14-7-21(8-14)17-18-12(2)10-25-17/h4-6,10,14H,7-9H2,1-3H3. The molecule has 3 aromatic rings. The molecular weight excluding hydrogens is 336 g/mol. The van der Waals surface area contributed by atoms with Gasteiger partial charge in [0, 0.05) is 36.1 Å². The lowest BCUT2D eigenvalue weighted by Gasteiger charge is -2.39. The Hall–Kier alpha value is -2.48. The number of anilines is 1. The van der Waals surface area contributed by atoms with Crippen LogP contribution in [0.25, 0.3) is 5.82 Å². The van der Waals surface area contributed by atoms with E-state index in [4.69, 9.17) is 0 Å². The van der Waals surface area contributed by atoms with Crippen LogP contribution in [0, 0.1) is 26.7 Å². The number of nitrogens with zero attached hydrogens (tertiary/aromatic N) is 6. The third-order valence-electron chi connectivity index (χ3n) is 4.34. The molecule has 0 N–H and O–H groups in total. The molecule has 1 aliphatic rings. The maximum Gasteiger partial charge on any atom is 0.266 e. The Kier molecular flexibility index (Phi) is 3.91. The summed E-state index contributed by atoms with van der Waals surface area (Å²) in [6, 6.07) is 5.29. The summed E-state index contributed by atoms with van der Waals surface area (Å²) in [7, 11) is 0. The van der Waals surface area contributed by atoms with Crippen LogP contribution in [0.1, 0.15) is 17.1 Å². The van der Waals surface area contributed by atoms with Gasteiger partial charge in [-0.25, -0.2) is 14.3 Å². The van der Waals surface area contributed by atoms with E-state index in [1.807, 2.05) is 26.8 Å². The highest BCUT2D eigenvalue weighted by Crippen LogP contribution is 2.28. The van der Waals surface area contributed by atoms with Gasteiger partial charge in [-0.15, -0.1) is 16.4 Å². The van der Waals surface area contributed by atoms with Crippen molar-refractivity contribution in [3.05, 3.63) is 51.0 Å². The zero-order valence-corrected chi connectivity index (χ0v) is 15.3. The highest BCUT2D eigenvalue weighted by atomic mass is 32.1. The van der Waals surface area contributed by atoms with E-state index in [2.05, 4.69) is 25.5 Å². The van der Waals surface area contributed by atoms with Gasteiger partial charge >= 0.3 is 0 Å². The normalized spacial score (nSPS) is 14.8. The maximum atomic E-state index is 12.2. The van der Waals surface area contributed by atoms with Gasteiger partial charge in [0.2, 0.25) is 0 Å². The van der Waals surface area contributed by atoms with Crippen molar-refractivity contribution < 1.29 is 0 Å². The smallest absolute Gasteiger partial charge is 0.266 e. The van der Waals surface area contributed by atoms with E-state index in [0.29, 0.717) is 18.3 Å². The Morgan fingerprint density at radius 2 is 1.96 bits per heavy atom. The molecular formula is C17H20N6OS. The number of aryl methyl sites for hydroxylation is 3. The number of thiazole rings is 1. The van der Waals surface area contributed by atoms with Crippen LogP contribution in [0.4, 0.5) is 5.13 Å². The molecule has 0 radical (unpaired) electrons. The number of aromatic nitrogens is 5. The van der Waals surface area contributed by atoms with Crippen molar-refractivity contribution in [2.75, 3.05) is 18.0 Å². The summed E-state index contributed by atoms with van der Waals surface area (Å²) < 4.78 is 3.33. The first-order valence-electron chi connectivity index (χ1n) is 8.28. The van der Waals surface area contributed by atoms with E-state index in [-0.39, 0.29) is 5.56 Å². The van der Waals surface area contributed by atoms with Crippen LogP contribution in [0.2, 0.25) is 0 Å².